The predicted molar refractivity (Wildman–Crippen MR) is 77.8 cm³/mol. The highest BCUT2D eigenvalue weighted by Gasteiger charge is 2.16. The summed E-state index contributed by atoms with van der Waals surface area (Å²) in [5, 5.41) is 0.743. The van der Waals surface area contributed by atoms with E-state index in [9.17, 15) is 4.79 Å². The Kier molecular flexibility index (Phi) is 3.93. The van der Waals surface area contributed by atoms with Crippen LogP contribution in [0, 0.1) is 0 Å². The van der Waals surface area contributed by atoms with Crippen molar-refractivity contribution in [3.8, 4) is 0 Å². The monoisotopic (exact) mass is 295 g/mol. The summed E-state index contributed by atoms with van der Waals surface area (Å²) >= 11 is 11.7. The maximum atomic E-state index is 12.3. The lowest BCUT2D eigenvalue weighted by Gasteiger charge is -2.19. The average molecular weight is 296 g/mol. The minimum absolute atomic E-state index is 0.225. The normalized spacial score (nSPS) is 10.3. The molecule has 0 radical (unpaired) electrons. The van der Waals surface area contributed by atoms with Gasteiger partial charge < -0.3 is 10.6 Å². The highest BCUT2D eigenvalue weighted by molar-refractivity contribution is 6.42. The quantitative estimate of drug-likeness (QED) is 0.925. The highest BCUT2D eigenvalue weighted by atomic mass is 35.5. The summed E-state index contributed by atoms with van der Waals surface area (Å²) in [5.41, 5.74) is 7.24. The van der Waals surface area contributed by atoms with Gasteiger partial charge in [0.1, 0.15) is 0 Å². The van der Waals surface area contributed by atoms with Crippen LogP contribution >= 0.6 is 23.2 Å². The van der Waals surface area contributed by atoms with Gasteiger partial charge in [-0.05, 0) is 24.3 Å². The topological polar surface area (TPSA) is 59.2 Å². The first kappa shape index (κ1) is 13.6. The van der Waals surface area contributed by atoms with Crippen LogP contribution in [0.4, 0.5) is 11.4 Å². The molecular formula is C13H11Cl2N3O. The molecule has 1 aromatic heterocycles. The van der Waals surface area contributed by atoms with Crippen LogP contribution in [0.2, 0.25) is 10.0 Å². The molecule has 1 heterocycles. The number of benzene rings is 1. The summed E-state index contributed by atoms with van der Waals surface area (Å²) in [6.45, 7) is 0. The fourth-order valence-corrected chi connectivity index (χ4v) is 1.94. The van der Waals surface area contributed by atoms with Crippen LogP contribution < -0.4 is 10.6 Å². The maximum absolute atomic E-state index is 12.3. The Labute approximate surface area is 120 Å². The second-order valence-corrected chi connectivity index (χ2v) is 4.74. The Morgan fingerprint density at radius 2 is 2.00 bits per heavy atom. The van der Waals surface area contributed by atoms with Crippen molar-refractivity contribution in [2.45, 2.75) is 0 Å². The fraction of sp³-hybridized carbons (Fsp3) is 0.0769. The lowest BCUT2D eigenvalue weighted by Crippen LogP contribution is -2.27. The lowest BCUT2D eigenvalue weighted by atomic mass is 10.2. The van der Waals surface area contributed by atoms with E-state index in [0.717, 1.165) is 0 Å². The number of carbonyl (C=O) groups excluding carboxylic acids is 1. The molecule has 0 aliphatic heterocycles. The number of pyridine rings is 1. The van der Waals surface area contributed by atoms with E-state index in [2.05, 4.69) is 4.98 Å². The summed E-state index contributed by atoms with van der Waals surface area (Å²) in [5.74, 6) is -0.225. The Morgan fingerprint density at radius 3 is 2.63 bits per heavy atom. The number of nitrogens with zero attached hydrogens (tertiary/aromatic N) is 2. The van der Waals surface area contributed by atoms with E-state index < -0.39 is 0 Å². The molecule has 0 bridgehead atoms. The lowest BCUT2D eigenvalue weighted by molar-refractivity contribution is 0.0993. The molecule has 0 fully saturated rings. The summed E-state index contributed by atoms with van der Waals surface area (Å²) < 4.78 is 0. The fourth-order valence-electron chi connectivity index (χ4n) is 1.64. The summed E-state index contributed by atoms with van der Waals surface area (Å²) in [6, 6.07) is 6.40. The van der Waals surface area contributed by atoms with E-state index in [1.165, 1.54) is 17.2 Å². The Bertz CT molecular complexity index is 631. The van der Waals surface area contributed by atoms with Crippen LogP contribution in [0.1, 0.15) is 10.4 Å². The largest absolute Gasteiger partial charge is 0.396 e. The minimum Gasteiger partial charge on any atom is -0.396 e. The maximum Gasteiger partial charge on any atom is 0.258 e. The van der Waals surface area contributed by atoms with Gasteiger partial charge in [0.2, 0.25) is 0 Å². The van der Waals surface area contributed by atoms with E-state index in [4.69, 9.17) is 28.9 Å². The molecule has 2 aromatic rings. The van der Waals surface area contributed by atoms with Gasteiger partial charge in [0.05, 0.1) is 27.6 Å². The van der Waals surface area contributed by atoms with Gasteiger partial charge in [0.25, 0.3) is 5.91 Å². The number of hydrogen-bond donors (Lipinski definition) is 1. The van der Waals surface area contributed by atoms with E-state index in [1.54, 1.807) is 31.4 Å². The zero-order valence-corrected chi connectivity index (χ0v) is 11.6. The zero-order valence-electron chi connectivity index (χ0n) is 10.1. The second-order valence-electron chi connectivity index (χ2n) is 3.93. The first-order valence-corrected chi connectivity index (χ1v) is 6.19. The number of hydrogen-bond acceptors (Lipinski definition) is 3. The molecule has 0 unspecified atom stereocenters. The number of halogens is 2. The van der Waals surface area contributed by atoms with Gasteiger partial charge in [-0.25, -0.2) is 0 Å². The van der Waals surface area contributed by atoms with Crippen molar-refractivity contribution in [1.29, 1.82) is 0 Å². The third-order valence-electron chi connectivity index (χ3n) is 2.66. The van der Waals surface area contributed by atoms with Crippen LogP contribution in [0.15, 0.2) is 36.7 Å². The molecule has 0 spiro atoms. The first-order valence-electron chi connectivity index (χ1n) is 5.43. The van der Waals surface area contributed by atoms with Crippen molar-refractivity contribution >= 4 is 40.5 Å². The average Bonchev–Trinajstić information content (AvgIpc) is 2.41. The van der Waals surface area contributed by atoms with Gasteiger partial charge in [0.15, 0.2) is 0 Å². The summed E-state index contributed by atoms with van der Waals surface area (Å²) in [4.78, 5) is 17.6. The molecule has 4 nitrogen and oxygen atoms in total. The minimum atomic E-state index is -0.225. The predicted octanol–water partition coefficient (Wildman–Crippen LogP) is 3.25. The molecule has 0 aliphatic rings. The SMILES string of the molecule is CN(C(=O)c1ccc(Cl)c(Cl)c1)c1ccncc1N. The molecule has 19 heavy (non-hydrogen) atoms. The molecule has 1 amide bonds. The van der Waals surface area contributed by atoms with Crippen molar-refractivity contribution in [3.63, 3.8) is 0 Å². The molecule has 0 saturated heterocycles. The molecule has 6 heteroatoms. The van der Waals surface area contributed by atoms with Gasteiger partial charge in [-0.3, -0.25) is 9.78 Å². The third-order valence-corrected chi connectivity index (χ3v) is 3.40. The van der Waals surface area contributed by atoms with Crippen LogP contribution in [0.3, 0.4) is 0 Å². The zero-order chi connectivity index (χ0) is 14.0. The van der Waals surface area contributed by atoms with Crippen molar-refractivity contribution in [2.24, 2.45) is 0 Å². The number of nitrogens with two attached hydrogens (primary N) is 1. The van der Waals surface area contributed by atoms with Crippen molar-refractivity contribution in [2.75, 3.05) is 17.7 Å². The van der Waals surface area contributed by atoms with Crippen LogP contribution in [-0.2, 0) is 0 Å². The van der Waals surface area contributed by atoms with Gasteiger partial charge in [-0.1, -0.05) is 23.2 Å². The first-order chi connectivity index (χ1) is 9.00. The third kappa shape index (κ3) is 2.80. The van der Waals surface area contributed by atoms with Crippen LogP contribution in [-0.4, -0.2) is 17.9 Å². The number of anilines is 2. The van der Waals surface area contributed by atoms with Crippen molar-refractivity contribution < 1.29 is 4.79 Å². The van der Waals surface area contributed by atoms with Crippen molar-refractivity contribution in [3.05, 3.63) is 52.3 Å². The molecule has 0 atom stereocenters. The Morgan fingerprint density at radius 1 is 1.26 bits per heavy atom. The smallest absolute Gasteiger partial charge is 0.258 e. The van der Waals surface area contributed by atoms with Crippen LogP contribution in [0.25, 0.3) is 0 Å². The number of aromatic nitrogens is 1. The highest BCUT2D eigenvalue weighted by Crippen LogP contribution is 2.25. The van der Waals surface area contributed by atoms with Crippen LogP contribution in [0.5, 0.6) is 0 Å². The Balaban J connectivity index is 2.34. The van der Waals surface area contributed by atoms with Gasteiger partial charge in [0, 0.05) is 18.8 Å². The van der Waals surface area contributed by atoms with E-state index in [-0.39, 0.29) is 5.91 Å². The molecule has 98 valence electrons. The molecule has 2 rings (SSSR count). The van der Waals surface area contributed by atoms with E-state index in [0.29, 0.717) is 27.0 Å². The number of amides is 1. The summed E-state index contributed by atoms with van der Waals surface area (Å²) in [6.07, 6.45) is 3.07. The molecule has 0 saturated carbocycles. The second kappa shape index (κ2) is 5.47. The molecule has 2 N–H and O–H groups in total. The summed E-state index contributed by atoms with van der Waals surface area (Å²) in [7, 11) is 1.64. The number of carbonyl (C=O) groups is 1. The van der Waals surface area contributed by atoms with Gasteiger partial charge in [-0.15, -0.1) is 0 Å². The van der Waals surface area contributed by atoms with Gasteiger partial charge >= 0.3 is 0 Å². The molecule has 1 aromatic carbocycles. The Hall–Kier alpha value is -1.78. The van der Waals surface area contributed by atoms with Crippen molar-refractivity contribution in [1.82, 2.24) is 4.98 Å². The van der Waals surface area contributed by atoms with Gasteiger partial charge in [-0.2, -0.15) is 0 Å². The van der Waals surface area contributed by atoms with E-state index in [1.807, 2.05) is 0 Å². The number of nitrogen functional groups attached to an aromatic ring is 1. The van der Waals surface area contributed by atoms with E-state index >= 15 is 0 Å². The number of rotatable bonds is 2. The molecule has 0 aliphatic carbocycles. The molecular weight excluding hydrogens is 285 g/mol. The standard InChI is InChI=1S/C13H11Cl2N3O/c1-18(12-4-5-17-7-11(12)16)13(19)8-2-3-9(14)10(15)6-8/h2-7H,16H2,1H3.